The fourth-order valence-corrected chi connectivity index (χ4v) is 2.37. The van der Waals surface area contributed by atoms with Crippen LogP contribution < -0.4 is 0 Å². The van der Waals surface area contributed by atoms with E-state index in [2.05, 4.69) is 0 Å². The number of fused-ring (bicyclic) bond motifs is 1. The van der Waals surface area contributed by atoms with Crippen LogP contribution in [0.3, 0.4) is 0 Å². The van der Waals surface area contributed by atoms with Gasteiger partial charge in [0.15, 0.2) is 6.29 Å². The van der Waals surface area contributed by atoms with E-state index < -0.39 is 12.4 Å². The van der Waals surface area contributed by atoms with Crippen molar-refractivity contribution in [3.63, 3.8) is 0 Å². The first-order chi connectivity index (χ1) is 8.25. The molecule has 4 nitrogen and oxygen atoms in total. The maximum Gasteiger partial charge on any atom is 0.184 e. The number of hydrogen-bond donors (Lipinski definition) is 1. The molecule has 2 saturated heterocycles. The Balaban J connectivity index is 1.80. The summed E-state index contributed by atoms with van der Waals surface area (Å²) in [5, 5.41) is 9.83. The minimum atomic E-state index is -0.607. The predicted molar refractivity (Wildman–Crippen MR) is 60.3 cm³/mol. The summed E-state index contributed by atoms with van der Waals surface area (Å²) in [6, 6.07) is 9.76. The largest absolute Gasteiger partial charge is 0.388 e. The van der Waals surface area contributed by atoms with Gasteiger partial charge in [-0.3, -0.25) is 0 Å². The highest BCUT2D eigenvalue weighted by Crippen LogP contribution is 2.36. The number of hydrogen-bond acceptors (Lipinski definition) is 4. The second-order valence-electron chi connectivity index (χ2n) is 4.55. The Kier molecular flexibility index (Phi) is 2.88. The van der Waals surface area contributed by atoms with Gasteiger partial charge in [0.25, 0.3) is 0 Å². The quantitative estimate of drug-likeness (QED) is 0.797. The van der Waals surface area contributed by atoms with Gasteiger partial charge in [-0.25, -0.2) is 0 Å². The van der Waals surface area contributed by atoms with E-state index in [0.717, 1.165) is 5.56 Å². The lowest BCUT2D eigenvalue weighted by atomic mass is 10.0. The molecule has 0 aromatic heterocycles. The Bertz CT molecular complexity index is 362. The van der Waals surface area contributed by atoms with E-state index in [1.807, 2.05) is 37.3 Å². The molecular weight excluding hydrogens is 220 g/mol. The summed E-state index contributed by atoms with van der Waals surface area (Å²) in [5.41, 5.74) is 0.973. The fourth-order valence-electron chi connectivity index (χ4n) is 2.37. The Hall–Kier alpha value is -0.940. The van der Waals surface area contributed by atoms with Crippen LogP contribution in [0.5, 0.6) is 0 Å². The van der Waals surface area contributed by atoms with Crippen LogP contribution in [0, 0.1) is 0 Å². The fraction of sp³-hybridized carbons (Fsp3) is 0.538. The lowest BCUT2D eigenvalue weighted by molar-refractivity contribution is -0.136. The molecule has 4 heteroatoms. The Morgan fingerprint density at radius 2 is 1.82 bits per heavy atom. The van der Waals surface area contributed by atoms with E-state index in [1.165, 1.54) is 0 Å². The molecule has 3 rings (SSSR count). The first kappa shape index (κ1) is 11.2. The predicted octanol–water partition coefficient (Wildman–Crippen LogP) is 1.25. The van der Waals surface area contributed by atoms with E-state index in [4.69, 9.17) is 14.2 Å². The third kappa shape index (κ3) is 1.98. The molecular formula is C13H16O4. The van der Waals surface area contributed by atoms with Gasteiger partial charge in [0.2, 0.25) is 0 Å². The summed E-state index contributed by atoms with van der Waals surface area (Å²) in [5.74, 6) is 0. The van der Waals surface area contributed by atoms with Crippen molar-refractivity contribution in [1.29, 1.82) is 0 Å². The minimum absolute atomic E-state index is 0.0443. The highest BCUT2D eigenvalue weighted by Gasteiger charge is 2.47. The Labute approximate surface area is 100 Å². The van der Waals surface area contributed by atoms with Gasteiger partial charge in [-0.2, -0.15) is 0 Å². The van der Waals surface area contributed by atoms with Crippen molar-refractivity contribution in [3.8, 4) is 0 Å². The van der Waals surface area contributed by atoms with Gasteiger partial charge in [-0.1, -0.05) is 30.3 Å². The Morgan fingerprint density at radius 3 is 2.53 bits per heavy atom. The number of rotatable bonds is 1. The first-order valence-electron chi connectivity index (χ1n) is 5.91. The van der Waals surface area contributed by atoms with E-state index in [1.54, 1.807) is 0 Å². The van der Waals surface area contributed by atoms with Crippen LogP contribution in [-0.2, 0) is 14.2 Å². The maximum absolute atomic E-state index is 9.83. The molecule has 2 fully saturated rings. The zero-order valence-corrected chi connectivity index (χ0v) is 9.65. The smallest absolute Gasteiger partial charge is 0.184 e. The normalized spacial score (nSPS) is 41.2. The van der Waals surface area contributed by atoms with Crippen LogP contribution in [0.25, 0.3) is 0 Å². The average Bonchev–Trinajstić information content (AvgIpc) is 2.81. The number of aliphatic hydroxyl groups is 1. The molecule has 0 aliphatic carbocycles. The molecule has 1 N–H and O–H groups in total. The molecule has 0 bridgehead atoms. The van der Waals surface area contributed by atoms with Crippen LogP contribution in [-0.4, -0.2) is 36.1 Å². The second kappa shape index (κ2) is 4.38. The van der Waals surface area contributed by atoms with Crippen LogP contribution in [0.4, 0.5) is 0 Å². The standard InChI is InChI=1S/C13H16O4/c1-8-11-12(10(14)7-15-8)17-13(16-11)9-5-3-2-4-6-9/h2-6,8,10-14H,7H2,1H3/t8?,10?,11-,12?,13-/m1/s1. The van der Waals surface area contributed by atoms with Gasteiger partial charge in [0.05, 0.1) is 12.7 Å². The lowest BCUT2D eigenvalue weighted by Crippen LogP contribution is -2.50. The summed E-state index contributed by atoms with van der Waals surface area (Å²) < 4.78 is 17.0. The molecule has 0 radical (unpaired) electrons. The molecule has 2 aliphatic rings. The van der Waals surface area contributed by atoms with E-state index >= 15 is 0 Å². The number of aliphatic hydroxyl groups excluding tert-OH is 1. The van der Waals surface area contributed by atoms with Crippen molar-refractivity contribution in [2.45, 2.75) is 37.6 Å². The van der Waals surface area contributed by atoms with E-state index in [-0.39, 0.29) is 18.3 Å². The van der Waals surface area contributed by atoms with Crippen molar-refractivity contribution >= 4 is 0 Å². The zero-order valence-electron chi connectivity index (χ0n) is 9.65. The van der Waals surface area contributed by atoms with Crippen molar-refractivity contribution in [3.05, 3.63) is 35.9 Å². The third-order valence-corrected chi connectivity index (χ3v) is 3.33. The lowest BCUT2D eigenvalue weighted by Gasteiger charge is -2.32. The highest BCUT2D eigenvalue weighted by atomic mass is 16.7. The molecule has 92 valence electrons. The summed E-state index contributed by atoms with van der Waals surface area (Å²) in [6.45, 7) is 2.26. The molecule has 5 atom stereocenters. The minimum Gasteiger partial charge on any atom is -0.388 e. The van der Waals surface area contributed by atoms with Crippen molar-refractivity contribution in [1.82, 2.24) is 0 Å². The van der Waals surface area contributed by atoms with Crippen molar-refractivity contribution < 1.29 is 19.3 Å². The monoisotopic (exact) mass is 236 g/mol. The van der Waals surface area contributed by atoms with Crippen LogP contribution in [0.15, 0.2) is 30.3 Å². The van der Waals surface area contributed by atoms with Crippen molar-refractivity contribution in [2.75, 3.05) is 6.61 Å². The van der Waals surface area contributed by atoms with Gasteiger partial charge < -0.3 is 19.3 Å². The Morgan fingerprint density at radius 1 is 1.12 bits per heavy atom. The number of benzene rings is 1. The summed E-state index contributed by atoms with van der Waals surface area (Å²) in [7, 11) is 0. The van der Waals surface area contributed by atoms with Gasteiger partial charge >= 0.3 is 0 Å². The van der Waals surface area contributed by atoms with Gasteiger partial charge in [0, 0.05) is 5.56 Å². The van der Waals surface area contributed by atoms with Crippen LogP contribution in [0.1, 0.15) is 18.8 Å². The number of ether oxygens (including phenoxy) is 3. The molecule has 2 aliphatic heterocycles. The molecule has 17 heavy (non-hydrogen) atoms. The maximum atomic E-state index is 9.83. The van der Waals surface area contributed by atoms with E-state index in [0.29, 0.717) is 6.61 Å². The third-order valence-electron chi connectivity index (χ3n) is 3.33. The first-order valence-corrected chi connectivity index (χ1v) is 5.91. The highest BCUT2D eigenvalue weighted by molar-refractivity contribution is 5.17. The molecule has 0 spiro atoms. The van der Waals surface area contributed by atoms with Crippen molar-refractivity contribution in [2.24, 2.45) is 0 Å². The second-order valence-corrected chi connectivity index (χ2v) is 4.55. The molecule has 1 aromatic carbocycles. The van der Waals surface area contributed by atoms with Crippen LogP contribution >= 0.6 is 0 Å². The summed E-state index contributed by atoms with van der Waals surface area (Å²) in [4.78, 5) is 0. The van der Waals surface area contributed by atoms with Crippen LogP contribution in [0.2, 0.25) is 0 Å². The van der Waals surface area contributed by atoms with Gasteiger partial charge in [-0.05, 0) is 6.92 Å². The molecule has 0 amide bonds. The molecule has 2 heterocycles. The average molecular weight is 236 g/mol. The molecule has 1 aromatic rings. The molecule has 3 unspecified atom stereocenters. The summed E-state index contributed by atoms with van der Waals surface area (Å²) in [6.07, 6.45) is -1.53. The van der Waals surface area contributed by atoms with E-state index in [9.17, 15) is 5.11 Å². The zero-order chi connectivity index (χ0) is 11.8. The van der Waals surface area contributed by atoms with Gasteiger partial charge in [-0.15, -0.1) is 0 Å². The SMILES string of the molecule is CC1OCC(O)C2O[C@H](c3ccccc3)O[C@H]12. The van der Waals surface area contributed by atoms with Gasteiger partial charge in [0.1, 0.15) is 18.3 Å². The topological polar surface area (TPSA) is 47.9 Å². The summed E-state index contributed by atoms with van der Waals surface area (Å²) >= 11 is 0. The molecule has 0 saturated carbocycles.